The summed E-state index contributed by atoms with van der Waals surface area (Å²) in [6, 6.07) is 0.189. The topological polar surface area (TPSA) is 132 Å². The van der Waals surface area contributed by atoms with Crippen molar-refractivity contribution in [3.63, 3.8) is 0 Å². The van der Waals surface area contributed by atoms with Gasteiger partial charge in [0.2, 0.25) is 12.5 Å². The summed E-state index contributed by atoms with van der Waals surface area (Å²) in [4.78, 5) is 14.3. The van der Waals surface area contributed by atoms with Crippen molar-refractivity contribution in [2.24, 2.45) is 0 Å². The van der Waals surface area contributed by atoms with Crippen molar-refractivity contribution >= 4 is 5.91 Å². The molecule has 1 fully saturated rings. The van der Waals surface area contributed by atoms with Gasteiger partial charge in [-0.1, -0.05) is 0 Å². The van der Waals surface area contributed by atoms with Gasteiger partial charge in [-0.15, -0.1) is 0 Å². The Bertz CT molecular complexity index is 738. The van der Waals surface area contributed by atoms with Gasteiger partial charge in [-0.3, -0.25) is 4.79 Å². The zero-order valence-corrected chi connectivity index (χ0v) is 13.7. The van der Waals surface area contributed by atoms with Crippen LogP contribution in [0.5, 0.6) is 17.2 Å². The molecule has 2 heterocycles. The van der Waals surface area contributed by atoms with Gasteiger partial charge < -0.3 is 40.1 Å². The van der Waals surface area contributed by atoms with E-state index in [-0.39, 0.29) is 23.9 Å². The number of amides is 1. The number of aliphatic hydroxyl groups excluding tert-OH is 3. The molecule has 136 valence electrons. The molecule has 6 unspecified atom stereocenters. The van der Waals surface area contributed by atoms with Gasteiger partial charge in [0.05, 0.1) is 17.7 Å². The second-order valence-electron chi connectivity index (χ2n) is 6.87. The third kappa shape index (κ3) is 2.13. The van der Waals surface area contributed by atoms with Crippen LogP contribution in [0.3, 0.4) is 0 Å². The number of fused-ring (bicyclic) bond motifs is 4. The van der Waals surface area contributed by atoms with E-state index >= 15 is 0 Å². The summed E-state index contributed by atoms with van der Waals surface area (Å²) < 4.78 is 10.5. The van der Waals surface area contributed by atoms with Crippen LogP contribution >= 0.6 is 0 Å². The number of ether oxygens (including phenoxy) is 2. The monoisotopic (exact) mass is 352 g/mol. The molecule has 0 spiro atoms. The highest BCUT2D eigenvalue weighted by Gasteiger charge is 2.54. The minimum atomic E-state index is -1.40. The Hall–Kier alpha value is -2.07. The van der Waals surface area contributed by atoms with Gasteiger partial charge in [-0.25, -0.2) is 0 Å². The SMILES string of the molecule is CN(C)C1C(O)C(O)C(O)C2NC(=O)c3c(cc4c(c3O)OCO4)C21. The zero-order chi connectivity index (χ0) is 18.0. The Morgan fingerprint density at radius 3 is 2.56 bits per heavy atom. The molecule has 0 radical (unpaired) electrons. The summed E-state index contributed by atoms with van der Waals surface area (Å²) in [7, 11) is 3.47. The maximum atomic E-state index is 12.5. The minimum Gasteiger partial charge on any atom is -0.504 e. The molecule has 5 N–H and O–H groups in total. The number of phenols is 1. The van der Waals surface area contributed by atoms with Crippen LogP contribution in [0.25, 0.3) is 0 Å². The first kappa shape index (κ1) is 16.4. The summed E-state index contributed by atoms with van der Waals surface area (Å²) in [5, 5.41) is 44.2. The smallest absolute Gasteiger partial charge is 0.255 e. The number of rotatable bonds is 1. The van der Waals surface area contributed by atoms with Crippen LogP contribution in [0, 0.1) is 0 Å². The lowest BCUT2D eigenvalue weighted by Gasteiger charge is -2.51. The van der Waals surface area contributed by atoms with Crippen molar-refractivity contribution in [1.82, 2.24) is 10.2 Å². The van der Waals surface area contributed by atoms with Crippen molar-refractivity contribution in [2.45, 2.75) is 36.3 Å². The van der Waals surface area contributed by atoms with E-state index in [1.165, 1.54) is 0 Å². The van der Waals surface area contributed by atoms with E-state index in [4.69, 9.17) is 9.47 Å². The number of phenolic OH excluding ortho intramolecular Hbond substituents is 1. The molecule has 6 atom stereocenters. The van der Waals surface area contributed by atoms with E-state index in [1.54, 1.807) is 25.1 Å². The molecular weight excluding hydrogens is 332 g/mol. The maximum absolute atomic E-state index is 12.5. The lowest BCUT2D eigenvalue weighted by Crippen LogP contribution is -2.69. The number of nitrogens with one attached hydrogen (secondary N) is 1. The normalized spacial score (nSPS) is 36.0. The number of hydrogen-bond donors (Lipinski definition) is 5. The van der Waals surface area contributed by atoms with Crippen molar-refractivity contribution in [3.8, 4) is 17.2 Å². The van der Waals surface area contributed by atoms with E-state index in [9.17, 15) is 25.2 Å². The summed E-state index contributed by atoms with van der Waals surface area (Å²) in [5.41, 5.74) is 0.479. The Kier molecular flexibility index (Phi) is 3.58. The molecule has 9 heteroatoms. The molecule has 4 rings (SSSR count). The number of benzene rings is 1. The second-order valence-corrected chi connectivity index (χ2v) is 6.87. The first-order valence-electron chi connectivity index (χ1n) is 8.00. The molecule has 1 aromatic carbocycles. The van der Waals surface area contributed by atoms with Gasteiger partial charge in [0.1, 0.15) is 12.2 Å². The number of likely N-dealkylation sites (N-methyl/N-ethyl adjacent to an activating group) is 1. The summed E-state index contributed by atoms with van der Waals surface area (Å²) in [6.07, 6.45) is -3.99. The number of nitrogens with zero attached hydrogens (tertiary/aromatic N) is 1. The predicted molar refractivity (Wildman–Crippen MR) is 83.7 cm³/mol. The predicted octanol–water partition coefficient (Wildman–Crippen LogP) is -1.66. The molecule has 1 aliphatic carbocycles. The van der Waals surface area contributed by atoms with Crippen LogP contribution in [-0.2, 0) is 0 Å². The maximum Gasteiger partial charge on any atom is 0.255 e. The van der Waals surface area contributed by atoms with Crippen LogP contribution in [0.1, 0.15) is 21.8 Å². The van der Waals surface area contributed by atoms with Gasteiger partial charge in [0.15, 0.2) is 11.5 Å². The quantitative estimate of drug-likeness (QED) is 0.406. The molecule has 0 bridgehead atoms. The van der Waals surface area contributed by atoms with Gasteiger partial charge >= 0.3 is 0 Å². The Labute approximate surface area is 143 Å². The lowest BCUT2D eigenvalue weighted by atomic mass is 9.68. The van der Waals surface area contributed by atoms with Crippen LogP contribution in [-0.4, -0.2) is 82.5 Å². The summed E-state index contributed by atoms with van der Waals surface area (Å²) in [5.74, 6) is -1.06. The van der Waals surface area contributed by atoms with Crippen LogP contribution in [0.15, 0.2) is 6.07 Å². The van der Waals surface area contributed by atoms with Gasteiger partial charge in [-0.05, 0) is 25.7 Å². The molecule has 25 heavy (non-hydrogen) atoms. The Morgan fingerprint density at radius 2 is 1.88 bits per heavy atom. The third-order valence-electron chi connectivity index (χ3n) is 5.32. The molecular formula is C16H20N2O7. The molecule has 1 aromatic rings. The highest BCUT2D eigenvalue weighted by atomic mass is 16.7. The molecule has 0 saturated heterocycles. The molecule has 9 nitrogen and oxygen atoms in total. The van der Waals surface area contributed by atoms with Gasteiger partial charge in [0, 0.05) is 12.0 Å². The Balaban J connectivity index is 1.93. The fourth-order valence-electron chi connectivity index (χ4n) is 4.20. The summed E-state index contributed by atoms with van der Waals surface area (Å²) in [6.45, 7) is -0.0669. The van der Waals surface area contributed by atoms with E-state index < -0.39 is 42.2 Å². The number of aromatic hydroxyl groups is 1. The van der Waals surface area contributed by atoms with Crippen molar-refractivity contribution in [3.05, 3.63) is 17.2 Å². The molecule has 3 aliphatic rings. The van der Waals surface area contributed by atoms with Crippen LogP contribution in [0.4, 0.5) is 0 Å². The highest BCUT2D eigenvalue weighted by Crippen LogP contribution is 2.50. The summed E-state index contributed by atoms with van der Waals surface area (Å²) >= 11 is 0. The Morgan fingerprint density at radius 1 is 1.16 bits per heavy atom. The lowest BCUT2D eigenvalue weighted by molar-refractivity contribution is -0.134. The highest BCUT2D eigenvalue weighted by molar-refractivity contribution is 6.01. The molecule has 0 aromatic heterocycles. The average Bonchev–Trinajstić information content (AvgIpc) is 3.02. The van der Waals surface area contributed by atoms with E-state index in [2.05, 4.69) is 5.32 Å². The fraction of sp³-hybridized carbons (Fsp3) is 0.562. The largest absolute Gasteiger partial charge is 0.504 e. The van der Waals surface area contributed by atoms with Crippen LogP contribution < -0.4 is 14.8 Å². The third-order valence-corrected chi connectivity index (χ3v) is 5.32. The van der Waals surface area contributed by atoms with Gasteiger partial charge in [-0.2, -0.15) is 0 Å². The van der Waals surface area contributed by atoms with E-state index in [0.29, 0.717) is 11.3 Å². The van der Waals surface area contributed by atoms with E-state index in [1.807, 2.05) is 0 Å². The second kappa shape index (κ2) is 5.46. The fourth-order valence-corrected chi connectivity index (χ4v) is 4.20. The average molecular weight is 352 g/mol. The molecule has 1 amide bonds. The number of hydrogen-bond acceptors (Lipinski definition) is 8. The first-order valence-corrected chi connectivity index (χ1v) is 8.00. The van der Waals surface area contributed by atoms with Crippen LogP contribution in [0.2, 0.25) is 0 Å². The zero-order valence-electron chi connectivity index (χ0n) is 13.7. The molecule has 2 aliphatic heterocycles. The standard InChI is InChI=1S/C16H20N2O7/c1-18(2)10-7-5-3-6-15(25-4-24-6)11(19)8(5)16(23)17-9(7)12(20)14(22)13(10)21/h3,7,9-10,12-14,19-22H,4H2,1-2H3,(H,17,23). The van der Waals surface area contributed by atoms with Crippen molar-refractivity contribution < 1.29 is 34.7 Å². The molecule has 1 saturated carbocycles. The number of aliphatic hydroxyl groups is 3. The first-order chi connectivity index (χ1) is 11.8. The number of carbonyl (C=O) groups excluding carboxylic acids is 1. The number of carbonyl (C=O) groups is 1. The van der Waals surface area contributed by atoms with Crippen molar-refractivity contribution in [2.75, 3.05) is 20.9 Å². The minimum absolute atomic E-state index is 0.0353. The van der Waals surface area contributed by atoms with Gasteiger partial charge in [0.25, 0.3) is 5.91 Å². The van der Waals surface area contributed by atoms with Crippen molar-refractivity contribution in [1.29, 1.82) is 0 Å². The van der Waals surface area contributed by atoms with E-state index in [0.717, 1.165) is 0 Å².